The lowest BCUT2D eigenvalue weighted by atomic mass is 9.78. The highest BCUT2D eigenvalue weighted by Gasteiger charge is 2.26. The SMILES string of the molecule is Cc1cc(-c2cccc(/C(CCc3ccc([C@H]4CC[C@@H](C(=O)O)CC4)cc3)=N/O)c2C)ccn1. The van der Waals surface area contributed by atoms with Gasteiger partial charge in [0.05, 0.1) is 11.6 Å². The zero-order chi connectivity index (χ0) is 24.1. The van der Waals surface area contributed by atoms with Crippen molar-refractivity contribution in [2.75, 3.05) is 0 Å². The predicted octanol–water partition coefficient (Wildman–Crippen LogP) is 6.53. The van der Waals surface area contributed by atoms with Gasteiger partial charge in [-0.2, -0.15) is 0 Å². The number of aromatic nitrogens is 1. The molecule has 2 N–H and O–H groups in total. The summed E-state index contributed by atoms with van der Waals surface area (Å²) in [7, 11) is 0. The lowest BCUT2D eigenvalue weighted by Crippen LogP contribution is -2.20. The van der Waals surface area contributed by atoms with Gasteiger partial charge in [-0.25, -0.2) is 0 Å². The lowest BCUT2D eigenvalue weighted by molar-refractivity contribution is -0.142. The molecule has 0 spiro atoms. The van der Waals surface area contributed by atoms with Crippen LogP contribution in [0.2, 0.25) is 0 Å². The van der Waals surface area contributed by atoms with E-state index in [1.54, 1.807) is 0 Å². The highest BCUT2D eigenvalue weighted by molar-refractivity contribution is 6.02. The molecule has 2 aromatic carbocycles. The first kappa shape index (κ1) is 23.7. The van der Waals surface area contributed by atoms with Crippen molar-refractivity contribution < 1.29 is 15.1 Å². The Morgan fingerprint density at radius 1 is 1.03 bits per heavy atom. The van der Waals surface area contributed by atoms with E-state index < -0.39 is 5.97 Å². The molecule has 176 valence electrons. The fraction of sp³-hybridized carbons (Fsp3) is 0.345. The summed E-state index contributed by atoms with van der Waals surface area (Å²) < 4.78 is 0. The minimum absolute atomic E-state index is 0.184. The number of benzene rings is 2. The molecule has 0 radical (unpaired) electrons. The van der Waals surface area contributed by atoms with E-state index in [-0.39, 0.29) is 5.92 Å². The smallest absolute Gasteiger partial charge is 0.306 e. The Labute approximate surface area is 201 Å². The summed E-state index contributed by atoms with van der Waals surface area (Å²) in [6.45, 7) is 4.05. The molecule has 1 aliphatic rings. The molecule has 1 aliphatic carbocycles. The van der Waals surface area contributed by atoms with Crippen molar-refractivity contribution in [1.29, 1.82) is 0 Å². The second-order valence-corrected chi connectivity index (χ2v) is 9.34. The molecule has 1 fully saturated rings. The molecule has 5 heteroatoms. The van der Waals surface area contributed by atoms with Crippen LogP contribution < -0.4 is 0 Å². The van der Waals surface area contributed by atoms with Crippen LogP contribution in [0, 0.1) is 19.8 Å². The quantitative estimate of drug-likeness (QED) is 0.240. The first-order chi connectivity index (χ1) is 16.5. The van der Waals surface area contributed by atoms with E-state index >= 15 is 0 Å². The van der Waals surface area contributed by atoms with Crippen molar-refractivity contribution in [1.82, 2.24) is 4.98 Å². The fourth-order valence-corrected chi connectivity index (χ4v) is 5.11. The van der Waals surface area contributed by atoms with Gasteiger partial charge < -0.3 is 10.3 Å². The van der Waals surface area contributed by atoms with Crippen molar-refractivity contribution in [3.05, 3.63) is 88.7 Å². The molecule has 1 heterocycles. The summed E-state index contributed by atoms with van der Waals surface area (Å²) in [6, 6.07) is 18.8. The molecule has 0 unspecified atom stereocenters. The third-order valence-corrected chi connectivity index (χ3v) is 7.15. The van der Waals surface area contributed by atoms with Crippen molar-refractivity contribution >= 4 is 11.7 Å². The standard InChI is InChI=1S/C29H32N2O3/c1-19-18-25(16-17-30-19)26-4-3-5-27(20(26)2)28(31-34)15-8-21-6-9-22(10-7-21)23-11-13-24(14-12-23)29(32)33/h3-7,9-10,16-18,23-24,34H,8,11-15H2,1-2H3,(H,32,33)/b31-28+/t23-,24+. The third kappa shape index (κ3) is 5.36. The fourth-order valence-electron chi connectivity index (χ4n) is 5.11. The number of aryl methyl sites for hydroxylation is 2. The average Bonchev–Trinajstić information content (AvgIpc) is 2.85. The van der Waals surface area contributed by atoms with Crippen LogP contribution in [0.15, 0.2) is 65.9 Å². The minimum Gasteiger partial charge on any atom is -0.481 e. The molecular weight excluding hydrogens is 424 g/mol. The summed E-state index contributed by atoms with van der Waals surface area (Å²) in [4.78, 5) is 15.5. The zero-order valence-corrected chi connectivity index (χ0v) is 19.9. The highest BCUT2D eigenvalue weighted by Crippen LogP contribution is 2.36. The van der Waals surface area contributed by atoms with Crippen LogP contribution in [-0.2, 0) is 11.2 Å². The zero-order valence-electron chi connectivity index (χ0n) is 19.9. The maximum absolute atomic E-state index is 11.2. The molecule has 0 aliphatic heterocycles. The van der Waals surface area contributed by atoms with Crippen LogP contribution in [-0.4, -0.2) is 27.0 Å². The Balaban J connectivity index is 1.42. The van der Waals surface area contributed by atoms with Crippen molar-refractivity contribution in [2.45, 2.75) is 58.3 Å². The number of oxime groups is 1. The van der Waals surface area contributed by atoms with E-state index in [2.05, 4.69) is 53.5 Å². The maximum atomic E-state index is 11.2. The molecule has 34 heavy (non-hydrogen) atoms. The molecule has 4 rings (SSSR count). The van der Waals surface area contributed by atoms with Gasteiger partial charge in [-0.15, -0.1) is 0 Å². The van der Waals surface area contributed by atoms with Gasteiger partial charge in [0.1, 0.15) is 0 Å². The normalized spacial score (nSPS) is 18.6. The Morgan fingerprint density at radius 2 is 1.76 bits per heavy atom. The molecular formula is C29H32N2O3. The second-order valence-electron chi connectivity index (χ2n) is 9.34. The van der Waals surface area contributed by atoms with Gasteiger partial charge in [0.15, 0.2) is 0 Å². The van der Waals surface area contributed by atoms with Crippen LogP contribution in [0.3, 0.4) is 0 Å². The van der Waals surface area contributed by atoms with Crippen molar-refractivity contribution in [3.8, 4) is 11.1 Å². The largest absolute Gasteiger partial charge is 0.481 e. The molecule has 0 saturated heterocycles. The molecule has 1 saturated carbocycles. The summed E-state index contributed by atoms with van der Waals surface area (Å²) in [5, 5.41) is 22.7. The summed E-state index contributed by atoms with van der Waals surface area (Å²) in [5.74, 6) is -0.399. The Bertz CT molecular complexity index is 1180. The molecule has 0 atom stereocenters. The van der Waals surface area contributed by atoms with Gasteiger partial charge in [-0.1, -0.05) is 47.6 Å². The van der Waals surface area contributed by atoms with Gasteiger partial charge in [0.2, 0.25) is 0 Å². The lowest BCUT2D eigenvalue weighted by Gasteiger charge is -2.26. The first-order valence-corrected chi connectivity index (χ1v) is 12.0. The average molecular weight is 457 g/mol. The first-order valence-electron chi connectivity index (χ1n) is 12.0. The maximum Gasteiger partial charge on any atom is 0.306 e. The van der Waals surface area contributed by atoms with Gasteiger partial charge in [0, 0.05) is 17.5 Å². The van der Waals surface area contributed by atoms with Gasteiger partial charge in [0.25, 0.3) is 0 Å². The highest BCUT2D eigenvalue weighted by atomic mass is 16.4. The second kappa shape index (κ2) is 10.6. The van der Waals surface area contributed by atoms with Crippen LogP contribution in [0.4, 0.5) is 0 Å². The van der Waals surface area contributed by atoms with Crippen molar-refractivity contribution in [3.63, 3.8) is 0 Å². The topological polar surface area (TPSA) is 82.8 Å². The predicted molar refractivity (Wildman–Crippen MR) is 135 cm³/mol. The molecule has 0 amide bonds. The van der Waals surface area contributed by atoms with Crippen LogP contribution in [0.5, 0.6) is 0 Å². The number of nitrogens with zero attached hydrogens (tertiary/aromatic N) is 2. The van der Waals surface area contributed by atoms with Crippen LogP contribution in [0.25, 0.3) is 11.1 Å². The summed E-state index contributed by atoms with van der Waals surface area (Å²) in [6.07, 6.45) is 6.63. The number of carbonyl (C=O) groups is 1. The Hall–Kier alpha value is -3.47. The molecule has 5 nitrogen and oxygen atoms in total. The van der Waals surface area contributed by atoms with E-state index in [9.17, 15) is 15.1 Å². The summed E-state index contributed by atoms with van der Waals surface area (Å²) >= 11 is 0. The van der Waals surface area contributed by atoms with Gasteiger partial charge >= 0.3 is 5.97 Å². The summed E-state index contributed by atoms with van der Waals surface area (Å²) in [5.41, 5.74) is 8.41. The number of carboxylic acid groups (broad SMARTS) is 1. The number of rotatable bonds is 7. The number of pyridine rings is 1. The number of hydrogen-bond donors (Lipinski definition) is 2. The van der Waals surface area contributed by atoms with Gasteiger partial charge in [-0.05, 0) is 98.2 Å². The number of aliphatic carboxylic acids is 1. The Morgan fingerprint density at radius 3 is 2.41 bits per heavy atom. The van der Waals surface area contributed by atoms with Crippen LogP contribution in [0.1, 0.15) is 66.0 Å². The van der Waals surface area contributed by atoms with Crippen molar-refractivity contribution in [2.24, 2.45) is 11.1 Å². The van der Waals surface area contributed by atoms with E-state index in [4.69, 9.17) is 0 Å². The van der Waals surface area contributed by atoms with Crippen LogP contribution >= 0.6 is 0 Å². The van der Waals surface area contributed by atoms with E-state index in [1.807, 2.05) is 31.3 Å². The molecule has 0 bridgehead atoms. The number of hydrogen-bond acceptors (Lipinski definition) is 4. The van der Waals surface area contributed by atoms with E-state index in [1.165, 1.54) is 11.1 Å². The molecule has 3 aromatic rings. The monoisotopic (exact) mass is 456 g/mol. The number of carboxylic acids is 1. The minimum atomic E-state index is -0.660. The van der Waals surface area contributed by atoms with E-state index in [0.29, 0.717) is 18.1 Å². The molecule has 1 aromatic heterocycles. The van der Waals surface area contributed by atoms with E-state index in [0.717, 1.165) is 60.1 Å². The Kier molecular flexibility index (Phi) is 7.41. The third-order valence-electron chi connectivity index (χ3n) is 7.15. The van der Waals surface area contributed by atoms with Gasteiger partial charge in [-0.3, -0.25) is 9.78 Å².